The second-order valence-corrected chi connectivity index (χ2v) is 8.39. The Morgan fingerprint density at radius 2 is 1.90 bits per heavy atom. The van der Waals surface area contributed by atoms with Crippen molar-refractivity contribution in [3.05, 3.63) is 61.4 Å². The molecule has 14 heteroatoms. The van der Waals surface area contributed by atoms with Gasteiger partial charge in [-0.3, -0.25) is 13.9 Å². The van der Waals surface area contributed by atoms with Gasteiger partial charge in [0, 0.05) is 14.1 Å². The summed E-state index contributed by atoms with van der Waals surface area (Å²) in [7, 11) is 4.60. The van der Waals surface area contributed by atoms with Crippen LogP contribution in [0.15, 0.2) is 39.0 Å². The number of ether oxygens (including phenoxy) is 1. The number of H-pyrrole nitrogens is 1. The number of carbonyl (C=O) groups is 1. The van der Waals surface area contributed by atoms with Crippen molar-refractivity contribution in [2.75, 3.05) is 7.11 Å². The van der Waals surface area contributed by atoms with Crippen LogP contribution in [-0.2, 0) is 51.5 Å². The van der Waals surface area contributed by atoms with Gasteiger partial charge in [-0.25, -0.2) is 9.78 Å². The molecule has 0 aliphatic heterocycles. The van der Waals surface area contributed by atoms with Crippen LogP contribution in [0.2, 0.25) is 3.93 Å². The number of pyridine rings is 1. The number of hydrogen-bond donors (Lipinski definition) is 1. The van der Waals surface area contributed by atoms with E-state index in [9.17, 15) is 24.3 Å². The number of aryl methyl sites for hydroxylation is 1. The third-order valence-corrected chi connectivity index (χ3v) is 6.81. The maximum atomic E-state index is 11.5. The summed E-state index contributed by atoms with van der Waals surface area (Å²) < 4.78 is 9.85. The van der Waals surface area contributed by atoms with Crippen LogP contribution >= 0.6 is 0 Å². The Kier molecular flexibility index (Phi) is 12.4. The topological polar surface area (TPSA) is 176 Å². The molecule has 12 nitrogen and oxygen atoms in total. The van der Waals surface area contributed by atoms with E-state index in [-0.39, 0.29) is 63.5 Å². The molecule has 0 radical (unpaired) electrons. The first-order chi connectivity index (χ1) is 13.7. The van der Waals surface area contributed by atoms with Gasteiger partial charge in [-0.05, 0) is 0 Å². The first kappa shape index (κ1) is 29.4. The van der Waals surface area contributed by atoms with E-state index in [2.05, 4.69) is 9.97 Å². The number of carboxylic acid groups (broad SMARTS) is 1. The Labute approximate surface area is 214 Å². The van der Waals surface area contributed by atoms with Gasteiger partial charge in [0.15, 0.2) is 5.65 Å². The van der Waals surface area contributed by atoms with E-state index in [1.807, 2.05) is 0 Å². The summed E-state index contributed by atoms with van der Waals surface area (Å²) in [5.74, 6) is -1.28. The summed E-state index contributed by atoms with van der Waals surface area (Å²) in [4.78, 5) is 51.5. The van der Waals surface area contributed by atoms with Crippen molar-refractivity contribution < 1.29 is 75.8 Å². The fourth-order valence-corrected chi connectivity index (χ4v) is 4.19. The molecule has 0 fully saturated rings. The number of carboxylic acids is 1. The Morgan fingerprint density at radius 3 is 2.45 bits per heavy atom. The summed E-state index contributed by atoms with van der Waals surface area (Å²) in [6.07, 6.45) is 2.68. The molecular formula is C17H21HgN5NaO7. The van der Waals surface area contributed by atoms with Crippen LogP contribution in [0.25, 0.3) is 11.2 Å². The van der Waals surface area contributed by atoms with Crippen molar-refractivity contribution in [3.63, 3.8) is 0 Å². The number of aromatic carboxylic acids is 1. The van der Waals surface area contributed by atoms with E-state index in [0.29, 0.717) is 43.8 Å². The molecule has 0 saturated carbocycles. The fourth-order valence-electron chi connectivity index (χ4n) is 2.57. The summed E-state index contributed by atoms with van der Waals surface area (Å²) in [6.45, 7) is 0.389. The first-order valence-electron chi connectivity index (χ1n) is 8.54. The van der Waals surface area contributed by atoms with Crippen LogP contribution in [0.5, 0.6) is 0 Å². The molecule has 1 unspecified atom stereocenters. The Morgan fingerprint density at radius 1 is 1.26 bits per heavy atom. The van der Waals surface area contributed by atoms with Crippen LogP contribution < -0.4 is 51.5 Å². The summed E-state index contributed by atoms with van der Waals surface area (Å²) in [5.41, 5.74) is -0.209. The van der Waals surface area contributed by atoms with E-state index < -0.39 is 5.97 Å². The van der Waals surface area contributed by atoms with Crippen LogP contribution in [0, 0.1) is 0 Å². The number of fused-ring (bicyclic) bond motifs is 1. The number of methoxy groups -OCH3 is 1. The zero-order chi connectivity index (χ0) is 21.7. The number of hydrogen-bond acceptors (Lipinski definition) is 7. The molecule has 0 spiro atoms. The molecule has 31 heavy (non-hydrogen) atoms. The smallest absolute Gasteiger partial charge is 0.412 e. The number of imidazole rings is 1. The predicted molar refractivity (Wildman–Crippen MR) is 101 cm³/mol. The summed E-state index contributed by atoms with van der Waals surface area (Å²) in [6, 6.07) is 2.48. The molecule has 159 valence electrons. The monoisotopic (exact) mass is 632 g/mol. The molecule has 3 heterocycles. The average Bonchev–Trinajstić information content (AvgIpc) is 3.20. The van der Waals surface area contributed by atoms with Crippen LogP contribution in [0.3, 0.4) is 0 Å². The molecule has 0 saturated heterocycles. The molecular weight excluding hydrogens is 610 g/mol. The van der Waals surface area contributed by atoms with Gasteiger partial charge >= 0.3 is 144 Å². The van der Waals surface area contributed by atoms with Crippen molar-refractivity contribution in [2.45, 2.75) is 16.6 Å². The second kappa shape index (κ2) is 13.1. The minimum absolute atomic E-state index is 0. The average molecular weight is 631 g/mol. The Balaban J connectivity index is 0.000000553. The summed E-state index contributed by atoms with van der Waals surface area (Å²) >= 11 is 0.580. The van der Waals surface area contributed by atoms with Crippen LogP contribution in [-0.4, -0.2) is 48.3 Å². The second-order valence-electron chi connectivity index (χ2n) is 6.15. The molecule has 3 aromatic rings. The Hall–Kier alpha value is -1.57. The number of rotatable bonds is 5. The minimum atomic E-state index is -1.28. The quantitative estimate of drug-likeness (QED) is 0.273. The van der Waals surface area contributed by atoms with Crippen LogP contribution in [0.1, 0.15) is 10.4 Å². The van der Waals surface area contributed by atoms with Gasteiger partial charge in [0.05, 0.1) is 6.33 Å². The van der Waals surface area contributed by atoms with Crippen molar-refractivity contribution in [3.8, 4) is 0 Å². The van der Waals surface area contributed by atoms with E-state index in [4.69, 9.17) is 4.74 Å². The van der Waals surface area contributed by atoms with E-state index in [1.54, 1.807) is 14.2 Å². The molecule has 0 amide bonds. The maximum absolute atomic E-state index is 11.5. The van der Waals surface area contributed by atoms with Crippen molar-refractivity contribution in [1.29, 1.82) is 0 Å². The van der Waals surface area contributed by atoms with Gasteiger partial charge in [0.2, 0.25) is 0 Å². The number of nitrogens with one attached hydrogen (secondary N) is 1. The normalized spacial score (nSPS) is 11.0. The maximum Gasteiger partial charge on any atom is 1.00 e. The predicted octanol–water partition coefficient (Wildman–Crippen LogP) is -5.67. The molecule has 3 aromatic heterocycles. The number of aromatic amines is 1. The Bertz CT molecular complexity index is 1200. The van der Waals surface area contributed by atoms with Crippen LogP contribution in [0.4, 0.5) is 0 Å². The molecule has 0 aliphatic carbocycles. The van der Waals surface area contributed by atoms with Gasteiger partial charge in [-0.15, -0.1) is 0 Å². The SMILES string of the molecule is COC([CH2][Hg])Cn1cc(C(=O)[O-])ccc1=O.Cn1c(=O)c2[nH]cnc2n(C)c1=O.O.[Na+]. The molecule has 0 aromatic carbocycles. The zero-order valence-corrected chi connectivity index (χ0v) is 25.2. The first-order valence-corrected chi connectivity index (χ1v) is 12.4. The van der Waals surface area contributed by atoms with Gasteiger partial charge in [-0.1, -0.05) is 0 Å². The van der Waals surface area contributed by atoms with Gasteiger partial charge in [-0.2, -0.15) is 0 Å². The van der Waals surface area contributed by atoms with E-state index >= 15 is 0 Å². The molecule has 3 N–H and O–H groups in total. The standard InChI is InChI=1S/C10H12NO4.C7H8N4O2.Hg.Na.H2O/c1-7(15-2)5-11-6-8(10(13)14)3-4-9(11)12;1-10-5-4(8-3-9-5)6(12)11(2)7(10)13;;;/h3-4,6-7H,1,5H2,2H3,(H,13,14);3H,1-2H3,(H,8,9);;;1H2/q;;;+1;/p-1. The largest absolute Gasteiger partial charge is 1.00 e. The molecule has 1 atom stereocenters. The number of aromatic nitrogens is 5. The fraction of sp³-hybridized carbons (Fsp3) is 0.353. The van der Waals surface area contributed by atoms with Gasteiger partial charge < -0.3 is 10.5 Å². The van der Waals surface area contributed by atoms with E-state index in [0.717, 1.165) is 8.50 Å². The molecule has 3 rings (SSSR count). The van der Waals surface area contributed by atoms with Gasteiger partial charge in [0.25, 0.3) is 5.56 Å². The van der Waals surface area contributed by atoms with Gasteiger partial charge in [0.1, 0.15) is 5.52 Å². The zero-order valence-electron chi connectivity index (χ0n) is 17.7. The number of carbonyl (C=O) groups excluding carboxylic acids is 1. The molecule has 0 aliphatic rings. The molecule has 0 bridgehead atoms. The van der Waals surface area contributed by atoms with Crippen molar-refractivity contribution in [1.82, 2.24) is 23.7 Å². The summed E-state index contributed by atoms with van der Waals surface area (Å²) in [5, 5.41) is 10.6. The van der Waals surface area contributed by atoms with Crippen molar-refractivity contribution in [2.24, 2.45) is 14.1 Å². The minimum Gasteiger partial charge on any atom is -0.412 e. The third kappa shape index (κ3) is 6.95. The number of nitrogens with zero attached hydrogens (tertiary/aromatic N) is 4. The van der Waals surface area contributed by atoms with Crippen molar-refractivity contribution >= 4 is 17.1 Å². The van der Waals surface area contributed by atoms with E-state index in [1.165, 1.54) is 40.8 Å². The third-order valence-electron chi connectivity index (χ3n) is 4.30.